The van der Waals surface area contributed by atoms with Gasteiger partial charge < -0.3 is 13.6 Å². The molecule has 4 aromatic carbocycles. The van der Waals surface area contributed by atoms with Crippen molar-refractivity contribution in [3.05, 3.63) is 78.6 Å². The zero-order chi connectivity index (χ0) is 19.5. The van der Waals surface area contributed by atoms with E-state index in [1.165, 1.54) is 12.1 Å². The van der Waals surface area contributed by atoms with Gasteiger partial charge in [0.1, 0.15) is 33.9 Å². The van der Waals surface area contributed by atoms with E-state index in [0.717, 1.165) is 43.8 Å². The minimum absolute atomic E-state index is 0.289. The maximum absolute atomic E-state index is 13.8. The van der Waals surface area contributed by atoms with E-state index in [2.05, 4.69) is 0 Å². The Balaban J connectivity index is 1.78. The lowest BCUT2D eigenvalue weighted by Crippen LogP contribution is -1.89. The number of hydrogen-bond acceptors (Lipinski definition) is 3. The average Bonchev–Trinajstić information content (AvgIpc) is 3.31. The quantitative estimate of drug-likeness (QED) is 0.315. The second kappa shape index (κ2) is 5.85. The Morgan fingerprint density at radius 3 is 2.34 bits per heavy atom. The van der Waals surface area contributed by atoms with Crippen LogP contribution in [-0.4, -0.2) is 7.11 Å². The zero-order valence-corrected chi connectivity index (χ0v) is 15.5. The van der Waals surface area contributed by atoms with Crippen molar-refractivity contribution in [2.45, 2.75) is 0 Å². The molecule has 0 aliphatic rings. The molecule has 0 spiro atoms. The fourth-order valence-corrected chi connectivity index (χ4v) is 4.16. The molecule has 0 saturated carbocycles. The lowest BCUT2D eigenvalue weighted by Gasteiger charge is -2.10. The SMILES string of the molecule is COc1ccc2c(oc3ccccc32)c1-c1cccc2c1oc1ccc(F)cc12. The predicted molar refractivity (Wildman–Crippen MR) is 113 cm³/mol. The summed E-state index contributed by atoms with van der Waals surface area (Å²) in [5.41, 5.74) is 4.55. The van der Waals surface area contributed by atoms with Crippen molar-refractivity contribution in [3.63, 3.8) is 0 Å². The Kier molecular flexibility index (Phi) is 3.27. The van der Waals surface area contributed by atoms with Crippen molar-refractivity contribution < 1.29 is 18.0 Å². The van der Waals surface area contributed by atoms with E-state index in [-0.39, 0.29) is 5.82 Å². The summed E-state index contributed by atoms with van der Waals surface area (Å²) in [6.45, 7) is 0. The van der Waals surface area contributed by atoms with Gasteiger partial charge in [-0.25, -0.2) is 4.39 Å². The molecule has 6 aromatic rings. The van der Waals surface area contributed by atoms with Gasteiger partial charge in [-0.2, -0.15) is 0 Å². The van der Waals surface area contributed by atoms with Gasteiger partial charge in [-0.05, 0) is 36.4 Å². The summed E-state index contributed by atoms with van der Waals surface area (Å²) in [5, 5.41) is 3.66. The van der Waals surface area contributed by atoms with Crippen LogP contribution in [0.15, 0.2) is 81.6 Å². The third-order valence-electron chi connectivity index (χ3n) is 5.46. The molecule has 0 aliphatic heterocycles. The number of hydrogen-bond donors (Lipinski definition) is 0. The van der Waals surface area contributed by atoms with Crippen LogP contribution in [0.1, 0.15) is 0 Å². The summed E-state index contributed by atoms with van der Waals surface area (Å²) in [5.74, 6) is 0.401. The molecule has 2 aromatic heterocycles. The van der Waals surface area contributed by atoms with Crippen LogP contribution in [0.25, 0.3) is 55.0 Å². The van der Waals surface area contributed by atoms with Gasteiger partial charge in [0.25, 0.3) is 0 Å². The largest absolute Gasteiger partial charge is 0.496 e. The molecule has 3 nitrogen and oxygen atoms in total. The van der Waals surface area contributed by atoms with Crippen molar-refractivity contribution >= 4 is 43.9 Å². The molecule has 140 valence electrons. The molecule has 4 heteroatoms. The van der Waals surface area contributed by atoms with E-state index in [4.69, 9.17) is 13.6 Å². The van der Waals surface area contributed by atoms with Crippen LogP contribution in [0.4, 0.5) is 4.39 Å². The highest BCUT2D eigenvalue weighted by molar-refractivity contribution is 6.15. The topological polar surface area (TPSA) is 35.5 Å². The highest BCUT2D eigenvalue weighted by Crippen LogP contribution is 2.45. The third kappa shape index (κ3) is 2.23. The number of benzene rings is 4. The third-order valence-corrected chi connectivity index (χ3v) is 5.46. The first-order valence-corrected chi connectivity index (χ1v) is 9.34. The molecule has 0 radical (unpaired) electrons. The van der Waals surface area contributed by atoms with Crippen molar-refractivity contribution in [2.24, 2.45) is 0 Å². The minimum atomic E-state index is -0.289. The van der Waals surface area contributed by atoms with Crippen LogP contribution >= 0.6 is 0 Å². The molecule has 0 N–H and O–H groups in total. The van der Waals surface area contributed by atoms with Gasteiger partial charge in [0.2, 0.25) is 0 Å². The van der Waals surface area contributed by atoms with E-state index in [1.54, 1.807) is 13.2 Å². The summed E-state index contributed by atoms with van der Waals surface area (Å²) in [6.07, 6.45) is 0. The lowest BCUT2D eigenvalue weighted by atomic mass is 9.99. The van der Waals surface area contributed by atoms with Crippen LogP contribution in [0.2, 0.25) is 0 Å². The van der Waals surface area contributed by atoms with E-state index in [1.807, 2.05) is 54.6 Å². The van der Waals surface area contributed by atoms with Crippen LogP contribution in [0, 0.1) is 5.82 Å². The average molecular weight is 382 g/mol. The number of furan rings is 2. The van der Waals surface area contributed by atoms with E-state index < -0.39 is 0 Å². The Morgan fingerprint density at radius 1 is 0.690 bits per heavy atom. The Labute approximate surface area is 164 Å². The van der Waals surface area contributed by atoms with Crippen LogP contribution in [-0.2, 0) is 0 Å². The summed E-state index contributed by atoms with van der Waals surface area (Å²) in [4.78, 5) is 0. The second-order valence-corrected chi connectivity index (χ2v) is 7.04. The fraction of sp³-hybridized carbons (Fsp3) is 0.0400. The second-order valence-electron chi connectivity index (χ2n) is 7.04. The molecule has 0 aliphatic carbocycles. The van der Waals surface area contributed by atoms with Crippen molar-refractivity contribution in [3.8, 4) is 16.9 Å². The predicted octanol–water partition coefficient (Wildman–Crippen LogP) is 7.30. The number of halogens is 1. The first-order chi connectivity index (χ1) is 14.2. The number of ether oxygens (including phenoxy) is 1. The van der Waals surface area contributed by atoms with Crippen molar-refractivity contribution in [1.29, 1.82) is 0 Å². The van der Waals surface area contributed by atoms with E-state index >= 15 is 0 Å². The van der Waals surface area contributed by atoms with Gasteiger partial charge in [0.15, 0.2) is 0 Å². The summed E-state index contributed by atoms with van der Waals surface area (Å²) in [6, 6.07) is 22.3. The first kappa shape index (κ1) is 16.2. The molecular formula is C25H15FO3. The smallest absolute Gasteiger partial charge is 0.147 e. The van der Waals surface area contributed by atoms with Crippen molar-refractivity contribution in [1.82, 2.24) is 0 Å². The Hall–Kier alpha value is -3.79. The summed E-state index contributed by atoms with van der Waals surface area (Å²) in [7, 11) is 1.64. The van der Waals surface area contributed by atoms with Gasteiger partial charge in [-0.1, -0.05) is 36.4 Å². The maximum atomic E-state index is 13.8. The minimum Gasteiger partial charge on any atom is -0.496 e. The fourth-order valence-electron chi connectivity index (χ4n) is 4.16. The zero-order valence-electron chi connectivity index (χ0n) is 15.5. The molecule has 0 bridgehead atoms. The van der Waals surface area contributed by atoms with E-state index in [0.29, 0.717) is 16.9 Å². The number of methoxy groups -OCH3 is 1. The molecule has 0 fully saturated rings. The Morgan fingerprint density at radius 2 is 1.45 bits per heavy atom. The highest BCUT2D eigenvalue weighted by atomic mass is 19.1. The first-order valence-electron chi connectivity index (χ1n) is 9.34. The van der Waals surface area contributed by atoms with Gasteiger partial charge in [-0.15, -0.1) is 0 Å². The van der Waals surface area contributed by atoms with Crippen molar-refractivity contribution in [2.75, 3.05) is 7.11 Å². The standard InChI is InChI=1S/C25H15FO3/c1-27-22-12-10-17-15-5-2-3-8-20(15)29-25(17)23(22)18-7-4-6-16-19-13-14(26)9-11-21(19)28-24(16)18/h2-13H,1H3. The van der Waals surface area contributed by atoms with Gasteiger partial charge in [0, 0.05) is 27.1 Å². The lowest BCUT2D eigenvalue weighted by molar-refractivity contribution is 0.416. The number of fused-ring (bicyclic) bond motifs is 6. The number of rotatable bonds is 2. The van der Waals surface area contributed by atoms with Gasteiger partial charge >= 0.3 is 0 Å². The summed E-state index contributed by atoms with van der Waals surface area (Å²) < 4.78 is 31.9. The van der Waals surface area contributed by atoms with Gasteiger partial charge in [-0.3, -0.25) is 0 Å². The molecule has 2 heterocycles. The van der Waals surface area contributed by atoms with Crippen LogP contribution in [0.5, 0.6) is 5.75 Å². The van der Waals surface area contributed by atoms with Crippen LogP contribution in [0.3, 0.4) is 0 Å². The monoisotopic (exact) mass is 382 g/mol. The summed E-state index contributed by atoms with van der Waals surface area (Å²) >= 11 is 0. The van der Waals surface area contributed by atoms with Crippen LogP contribution < -0.4 is 4.74 Å². The highest BCUT2D eigenvalue weighted by Gasteiger charge is 2.21. The molecule has 0 unspecified atom stereocenters. The van der Waals surface area contributed by atoms with E-state index in [9.17, 15) is 4.39 Å². The number of para-hydroxylation sites is 2. The molecule has 0 amide bonds. The molecule has 29 heavy (non-hydrogen) atoms. The Bertz CT molecular complexity index is 1560. The molecule has 0 saturated heterocycles. The molecule has 6 rings (SSSR count). The maximum Gasteiger partial charge on any atom is 0.147 e. The molecular weight excluding hydrogens is 367 g/mol. The normalized spacial score (nSPS) is 11.8. The molecule has 0 atom stereocenters. The van der Waals surface area contributed by atoms with Gasteiger partial charge in [0.05, 0.1) is 12.7 Å².